The molecular weight excluding hydrogens is 250 g/mol. The van der Waals surface area contributed by atoms with E-state index in [1.807, 2.05) is 37.2 Å². The number of anilines is 1. The van der Waals surface area contributed by atoms with Crippen LogP contribution in [0.4, 0.5) is 5.69 Å². The predicted octanol–water partition coefficient (Wildman–Crippen LogP) is 3.91. The van der Waals surface area contributed by atoms with Gasteiger partial charge in [0, 0.05) is 36.8 Å². The number of nitrogens with zero attached hydrogens (tertiary/aromatic N) is 1. The topological polar surface area (TPSA) is 33.5 Å². The molecule has 0 bridgehead atoms. The molecule has 3 heteroatoms. The van der Waals surface area contributed by atoms with E-state index in [9.17, 15) is 4.79 Å². The number of fused-ring (bicyclic) bond motifs is 1. The summed E-state index contributed by atoms with van der Waals surface area (Å²) >= 11 is 0. The maximum Gasteiger partial charge on any atom is 0.339 e. The SMILES string of the molecule is CN(C)c1ccc2cc(C3CCCCC3)c(=O)oc2c1. The fraction of sp³-hybridized carbons (Fsp3) is 0.471. The van der Waals surface area contributed by atoms with Gasteiger partial charge in [-0.2, -0.15) is 0 Å². The first-order valence-corrected chi connectivity index (χ1v) is 7.40. The molecule has 1 aliphatic carbocycles. The van der Waals surface area contributed by atoms with Crippen LogP contribution >= 0.6 is 0 Å². The monoisotopic (exact) mass is 271 g/mol. The molecule has 1 saturated carbocycles. The lowest BCUT2D eigenvalue weighted by molar-refractivity contribution is 0.428. The molecule has 0 spiro atoms. The van der Waals surface area contributed by atoms with Crippen molar-refractivity contribution in [2.45, 2.75) is 38.0 Å². The van der Waals surface area contributed by atoms with Crippen LogP contribution in [-0.2, 0) is 0 Å². The van der Waals surface area contributed by atoms with Crippen LogP contribution in [0.5, 0.6) is 0 Å². The van der Waals surface area contributed by atoms with Crippen molar-refractivity contribution in [1.82, 2.24) is 0 Å². The molecule has 3 rings (SSSR count). The van der Waals surface area contributed by atoms with Gasteiger partial charge < -0.3 is 9.32 Å². The summed E-state index contributed by atoms with van der Waals surface area (Å²) in [6, 6.07) is 8.07. The summed E-state index contributed by atoms with van der Waals surface area (Å²) in [5.41, 5.74) is 2.45. The van der Waals surface area contributed by atoms with Gasteiger partial charge in [0.1, 0.15) is 5.58 Å². The largest absolute Gasteiger partial charge is 0.422 e. The van der Waals surface area contributed by atoms with E-state index in [1.54, 1.807) is 0 Å². The fourth-order valence-electron chi connectivity index (χ4n) is 3.09. The van der Waals surface area contributed by atoms with Gasteiger partial charge in [0.15, 0.2) is 0 Å². The highest BCUT2D eigenvalue weighted by Gasteiger charge is 2.20. The van der Waals surface area contributed by atoms with Crippen molar-refractivity contribution in [3.8, 4) is 0 Å². The Morgan fingerprint density at radius 2 is 1.85 bits per heavy atom. The molecule has 0 unspecified atom stereocenters. The molecule has 0 saturated heterocycles. The maximum absolute atomic E-state index is 12.2. The van der Waals surface area contributed by atoms with E-state index in [1.165, 1.54) is 19.3 Å². The van der Waals surface area contributed by atoms with Gasteiger partial charge in [-0.05, 0) is 37.0 Å². The van der Waals surface area contributed by atoms with Gasteiger partial charge >= 0.3 is 5.63 Å². The summed E-state index contributed by atoms with van der Waals surface area (Å²) in [5.74, 6) is 0.387. The molecule has 0 amide bonds. The van der Waals surface area contributed by atoms with Gasteiger partial charge in [-0.3, -0.25) is 0 Å². The van der Waals surface area contributed by atoms with Crippen LogP contribution in [-0.4, -0.2) is 14.1 Å². The second kappa shape index (κ2) is 5.31. The number of benzene rings is 1. The molecule has 1 fully saturated rings. The van der Waals surface area contributed by atoms with Crippen molar-refractivity contribution in [3.63, 3.8) is 0 Å². The first-order chi connectivity index (χ1) is 9.65. The van der Waals surface area contributed by atoms with E-state index in [-0.39, 0.29) is 5.63 Å². The molecule has 1 aromatic carbocycles. The molecule has 0 N–H and O–H groups in total. The minimum Gasteiger partial charge on any atom is -0.422 e. The zero-order valence-electron chi connectivity index (χ0n) is 12.2. The van der Waals surface area contributed by atoms with E-state index in [4.69, 9.17) is 4.42 Å². The summed E-state index contributed by atoms with van der Waals surface area (Å²) in [7, 11) is 3.96. The van der Waals surface area contributed by atoms with E-state index in [0.29, 0.717) is 11.5 Å². The van der Waals surface area contributed by atoms with Gasteiger partial charge in [0.25, 0.3) is 0 Å². The van der Waals surface area contributed by atoms with Crippen LogP contribution in [0.3, 0.4) is 0 Å². The Morgan fingerprint density at radius 3 is 2.55 bits per heavy atom. The van der Waals surface area contributed by atoms with Gasteiger partial charge in [0.05, 0.1) is 0 Å². The molecule has 1 aromatic heterocycles. The van der Waals surface area contributed by atoms with Crippen molar-refractivity contribution in [1.29, 1.82) is 0 Å². The Kier molecular flexibility index (Phi) is 3.51. The first-order valence-electron chi connectivity index (χ1n) is 7.40. The van der Waals surface area contributed by atoms with Gasteiger partial charge in [-0.1, -0.05) is 19.3 Å². The van der Waals surface area contributed by atoms with Crippen LogP contribution in [0.15, 0.2) is 33.5 Å². The Labute approximate surface area is 119 Å². The molecule has 0 atom stereocenters. The smallest absolute Gasteiger partial charge is 0.339 e. The lowest BCUT2D eigenvalue weighted by atomic mass is 9.84. The fourth-order valence-corrected chi connectivity index (χ4v) is 3.09. The molecule has 106 valence electrons. The Morgan fingerprint density at radius 1 is 1.10 bits per heavy atom. The van der Waals surface area contributed by atoms with Gasteiger partial charge in [0.2, 0.25) is 0 Å². The van der Waals surface area contributed by atoms with E-state index in [0.717, 1.165) is 29.5 Å². The van der Waals surface area contributed by atoms with Crippen molar-refractivity contribution < 1.29 is 4.42 Å². The summed E-state index contributed by atoms with van der Waals surface area (Å²) in [6.45, 7) is 0. The molecule has 20 heavy (non-hydrogen) atoms. The third kappa shape index (κ3) is 2.45. The highest BCUT2D eigenvalue weighted by molar-refractivity contribution is 5.81. The van der Waals surface area contributed by atoms with Crippen LogP contribution in [0.25, 0.3) is 11.0 Å². The standard InChI is InChI=1S/C17H21NO2/c1-18(2)14-9-8-13-10-15(12-6-4-3-5-7-12)17(19)20-16(13)11-14/h8-12H,3-7H2,1-2H3. The quantitative estimate of drug-likeness (QED) is 0.777. The second-order valence-electron chi connectivity index (χ2n) is 5.94. The normalized spacial score (nSPS) is 16.5. The van der Waals surface area contributed by atoms with Crippen LogP contribution < -0.4 is 10.5 Å². The van der Waals surface area contributed by atoms with Crippen LogP contribution in [0.1, 0.15) is 43.6 Å². The Balaban J connectivity index is 2.05. The summed E-state index contributed by atoms with van der Waals surface area (Å²) in [5, 5.41) is 1.02. The van der Waals surface area contributed by atoms with Gasteiger partial charge in [-0.25, -0.2) is 4.79 Å². The van der Waals surface area contributed by atoms with Crippen molar-refractivity contribution in [2.75, 3.05) is 19.0 Å². The van der Waals surface area contributed by atoms with Crippen LogP contribution in [0.2, 0.25) is 0 Å². The second-order valence-corrected chi connectivity index (χ2v) is 5.94. The van der Waals surface area contributed by atoms with E-state index < -0.39 is 0 Å². The van der Waals surface area contributed by atoms with E-state index in [2.05, 4.69) is 6.07 Å². The molecule has 1 heterocycles. The molecule has 3 nitrogen and oxygen atoms in total. The van der Waals surface area contributed by atoms with E-state index >= 15 is 0 Å². The molecule has 1 aliphatic rings. The Bertz CT molecular complexity index is 666. The van der Waals surface area contributed by atoms with Crippen molar-refractivity contribution >= 4 is 16.7 Å². The minimum absolute atomic E-state index is 0.152. The number of rotatable bonds is 2. The van der Waals surface area contributed by atoms with Crippen LogP contribution in [0, 0.1) is 0 Å². The number of hydrogen-bond donors (Lipinski definition) is 0. The lowest BCUT2D eigenvalue weighted by Gasteiger charge is -2.21. The number of hydrogen-bond acceptors (Lipinski definition) is 3. The highest BCUT2D eigenvalue weighted by atomic mass is 16.4. The summed E-state index contributed by atoms with van der Waals surface area (Å²) < 4.78 is 5.55. The summed E-state index contributed by atoms with van der Waals surface area (Å²) in [6.07, 6.45) is 5.98. The Hall–Kier alpha value is -1.77. The average molecular weight is 271 g/mol. The first kappa shape index (κ1) is 13.2. The third-order valence-electron chi connectivity index (χ3n) is 4.31. The van der Waals surface area contributed by atoms with Crippen molar-refractivity contribution in [2.24, 2.45) is 0 Å². The van der Waals surface area contributed by atoms with Gasteiger partial charge in [-0.15, -0.1) is 0 Å². The predicted molar refractivity (Wildman–Crippen MR) is 82.6 cm³/mol. The third-order valence-corrected chi connectivity index (χ3v) is 4.31. The molecule has 2 aromatic rings. The zero-order valence-corrected chi connectivity index (χ0v) is 12.2. The highest BCUT2D eigenvalue weighted by Crippen LogP contribution is 2.32. The van der Waals surface area contributed by atoms with Crippen molar-refractivity contribution in [3.05, 3.63) is 40.2 Å². The average Bonchev–Trinajstić information content (AvgIpc) is 2.46. The maximum atomic E-state index is 12.2. The molecule has 0 radical (unpaired) electrons. The minimum atomic E-state index is -0.152. The molecular formula is C17H21NO2. The zero-order chi connectivity index (χ0) is 14.1. The summed E-state index contributed by atoms with van der Waals surface area (Å²) in [4.78, 5) is 14.2. The molecule has 0 aliphatic heterocycles. The lowest BCUT2D eigenvalue weighted by Crippen LogP contribution is -2.15.